The molecular formula is C16H18BrN3O4S. The van der Waals surface area contributed by atoms with Gasteiger partial charge in [-0.05, 0) is 45.2 Å². The highest BCUT2D eigenvalue weighted by molar-refractivity contribution is 9.10. The first-order valence-corrected chi connectivity index (χ1v) is 9.30. The molecule has 0 unspecified atom stereocenters. The maximum atomic E-state index is 12.3. The summed E-state index contributed by atoms with van der Waals surface area (Å²) in [5.74, 6) is -0.450. The predicted molar refractivity (Wildman–Crippen MR) is 100 cm³/mol. The number of hydrogen-bond donors (Lipinski definition) is 2. The fourth-order valence-corrected chi connectivity index (χ4v) is 2.69. The summed E-state index contributed by atoms with van der Waals surface area (Å²) in [6.07, 6.45) is 2.37. The zero-order valence-electron chi connectivity index (χ0n) is 14.2. The van der Waals surface area contributed by atoms with Gasteiger partial charge in [0, 0.05) is 9.37 Å². The monoisotopic (exact) mass is 427 g/mol. The van der Waals surface area contributed by atoms with Crippen LogP contribution in [0.25, 0.3) is 0 Å². The van der Waals surface area contributed by atoms with Gasteiger partial charge in [-0.1, -0.05) is 15.9 Å². The predicted octanol–water partition coefficient (Wildman–Crippen LogP) is 4.76. The second-order valence-electron chi connectivity index (χ2n) is 5.96. The Labute approximate surface area is 158 Å². The van der Waals surface area contributed by atoms with E-state index >= 15 is 0 Å². The number of aromatic nitrogens is 1. The lowest BCUT2D eigenvalue weighted by molar-refractivity contribution is 0.0631. The van der Waals surface area contributed by atoms with E-state index in [0.717, 1.165) is 9.37 Å². The van der Waals surface area contributed by atoms with Crippen LogP contribution in [0.5, 0.6) is 0 Å². The number of rotatable bonds is 4. The number of ether oxygens (including phenoxy) is 1. The van der Waals surface area contributed by atoms with Crippen molar-refractivity contribution in [2.45, 2.75) is 31.3 Å². The Balaban J connectivity index is 2.06. The summed E-state index contributed by atoms with van der Waals surface area (Å²) in [6, 6.07) is 5.46. The number of thioether (sulfide) groups is 1. The first-order valence-electron chi connectivity index (χ1n) is 7.28. The highest BCUT2D eigenvalue weighted by atomic mass is 79.9. The molecule has 134 valence electrons. The van der Waals surface area contributed by atoms with E-state index in [4.69, 9.17) is 9.15 Å². The molecule has 0 radical (unpaired) electrons. The molecule has 0 saturated carbocycles. The van der Waals surface area contributed by atoms with Crippen molar-refractivity contribution in [1.82, 2.24) is 4.98 Å². The molecule has 2 aromatic rings. The van der Waals surface area contributed by atoms with Crippen LogP contribution in [0, 0.1) is 0 Å². The summed E-state index contributed by atoms with van der Waals surface area (Å²) >= 11 is 4.88. The Morgan fingerprint density at radius 1 is 1.28 bits per heavy atom. The minimum absolute atomic E-state index is 0.0399. The summed E-state index contributed by atoms with van der Waals surface area (Å²) < 4.78 is 11.0. The minimum Gasteiger partial charge on any atom is -0.443 e. The lowest BCUT2D eigenvalue weighted by atomic mass is 10.2. The van der Waals surface area contributed by atoms with Crippen molar-refractivity contribution in [1.29, 1.82) is 0 Å². The van der Waals surface area contributed by atoms with Gasteiger partial charge in [0.05, 0.1) is 5.69 Å². The summed E-state index contributed by atoms with van der Waals surface area (Å²) in [6.45, 7) is 5.22. The highest BCUT2D eigenvalue weighted by Crippen LogP contribution is 2.29. The lowest BCUT2D eigenvalue weighted by Crippen LogP contribution is -2.27. The number of hydrogen-bond acceptors (Lipinski definition) is 6. The van der Waals surface area contributed by atoms with Crippen molar-refractivity contribution in [3.8, 4) is 0 Å². The molecule has 0 aliphatic heterocycles. The Hall–Kier alpha value is -2.00. The molecule has 0 aliphatic rings. The second-order valence-corrected chi connectivity index (χ2v) is 7.73. The fraction of sp³-hybridized carbons (Fsp3) is 0.312. The van der Waals surface area contributed by atoms with Crippen LogP contribution in [-0.2, 0) is 4.74 Å². The van der Waals surface area contributed by atoms with Gasteiger partial charge in [0.1, 0.15) is 11.9 Å². The number of nitrogens with zero attached hydrogens (tertiary/aromatic N) is 1. The quantitative estimate of drug-likeness (QED) is 0.683. The first-order chi connectivity index (χ1) is 11.7. The summed E-state index contributed by atoms with van der Waals surface area (Å²) in [7, 11) is 0. The van der Waals surface area contributed by atoms with Crippen LogP contribution >= 0.6 is 27.7 Å². The number of nitrogens with one attached hydrogen (secondary N) is 2. The maximum absolute atomic E-state index is 12.3. The molecule has 0 saturated heterocycles. The number of carbonyl (C=O) groups excluding carboxylic acids is 2. The third kappa shape index (κ3) is 5.79. The molecule has 2 rings (SSSR count). The van der Waals surface area contributed by atoms with Gasteiger partial charge in [-0.25, -0.2) is 10.1 Å². The van der Waals surface area contributed by atoms with Gasteiger partial charge in [0.15, 0.2) is 5.69 Å². The van der Waals surface area contributed by atoms with Crippen LogP contribution in [0.1, 0.15) is 31.3 Å². The molecule has 0 fully saturated rings. The molecule has 0 spiro atoms. The number of oxazole rings is 1. The van der Waals surface area contributed by atoms with E-state index in [1.165, 1.54) is 18.0 Å². The van der Waals surface area contributed by atoms with Crippen molar-refractivity contribution in [2.24, 2.45) is 0 Å². The Morgan fingerprint density at radius 3 is 2.64 bits per heavy atom. The SMILES string of the molecule is CSc1ccc(Br)cc1NC(=O)c1coc(NC(=O)OC(C)(C)C)n1. The van der Waals surface area contributed by atoms with E-state index in [0.29, 0.717) is 5.69 Å². The van der Waals surface area contributed by atoms with Crippen molar-refractivity contribution in [3.05, 3.63) is 34.6 Å². The van der Waals surface area contributed by atoms with Crippen molar-refractivity contribution in [2.75, 3.05) is 16.9 Å². The van der Waals surface area contributed by atoms with E-state index in [2.05, 4.69) is 31.5 Å². The van der Waals surface area contributed by atoms with Crippen LogP contribution in [-0.4, -0.2) is 28.8 Å². The molecule has 9 heteroatoms. The number of carbonyl (C=O) groups is 2. The van der Waals surface area contributed by atoms with E-state index in [-0.39, 0.29) is 11.7 Å². The van der Waals surface area contributed by atoms with Crippen molar-refractivity contribution in [3.63, 3.8) is 0 Å². The van der Waals surface area contributed by atoms with Crippen LogP contribution in [0.15, 0.2) is 38.2 Å². The average Bonchev–Trinajstić information content (AvgIpc) is 2.94. The lowest BCUT2D eigenvalue weighted by Gasteiger charge is -2.18. The smallest absolute Gasteiger partial charge is 0.415 e. The Kier molecular flexibility index (Phi) is 6.12. The first kappa shape index (κ1) is 19.3. The molecule has 0 bridgehead atoms. The van der Waals surface area contributed by atoms with Gasteiger partial charge < -0.3 is 14.5 Å². The molecule has 2 amide bonds. The van der Waals surface area contributed by atoms with Gasteiger partial charge in [0.25, 0.3) is 5.91 Å². The molecule has 2 N–H and O–H groups in total. The van der Waals surface area contributed by atoms with Crippen LogP contribution < -0.4 is 10.6 Å². The van der Waals surface area contributed by atoms with Crippen molar-refractivity contribution >= 4 is 51.4 Å². The largest absolute Gasteiger partial charge is 0.443 e. The molecule has 1 aromatic carbocycles. The fourth-order valence-electron chi connectivity index (χ4n) is 1.79. The maximum Gasteiger partial charge on any atom is 0.415 e. The third-order valence-electron chi connectivity index (χ3n) is 2.75. The van der Waals surface area contributed by atoms with E-state index < -0.39 is 17.6 Å². The van der Waals surface area contributed by atoms with Crippen LogP contribution in [0.2, 0.25) is 0 Å². The van der Waals surface area contributed by atoms with Crippen LogP contribution in [0.4, 0.5) is 16.5 Å². The molecule has 1 heterocycles. The second kappa shape index (κ2) is 7.92. The molecule has 7 nitrogen and oxygen atoms in total. The Bertz CT molecular complexity index is 786. The van der Waals surface area contributed by atoms with Crippen molar-refractivity contribution < 1.29 is 18.7 Å². The number of amides is 2. The summed E-state index contributed by atoms with van der Waals surface area (Å²) in [5.41, 5.74) is 0.0424. The summed E-state index contributed by atoms with van der Waals surface area (Å²) in [5, 5.41) is 5.11. The van der Waals surface area contributed by atoms with Gasteiger partial charge in [0.2, 0.25) is 0 Å². The number of benzene rings is 1. The zero-order chi connectivity index (χ0) is 18.6. The van der Waals surface area contributed by atoms with Gasteiger partial charge in [-0.15, -0.1) is 11.8 Å². The van der Waals surface area contributed by atoms with E-state index in [1.54, 1.807) is 26.8 Å². The third-order valence-corrected chi connectivity index (χ3v) is 4.04. The Morgan fingerprint density at radius 2 is 2.00 bits per heavy atom. The topological polar surface area (TPSA) is 93.5 Å². The summed E-state index contributed by atoms with van der Waals surface area (Å²) in [4.78, 5) is 28.9. The highest BCUT2D eigenvalue weighted by Gasteiger charge is 2.19. The van der Waals surface area contributed by atoms with E-state index in [9.17, 15) is 9.59 Å². The molecular weight excluding hydrogens is 410 g/mol. The molecule has 1 aromatic heterocycles. The van der Waals surface area contributed by atoms with E-state index in [1.807, 2.05) is 18.4 Å². The molecule has 0 atom stereocenters. The van der Waals surface area contributed by atoms with Gasteiger partial charge >= 0.3 is 12.1 Å². The molecule has 25 heavy (non-hydrogen) atoms. The molecule has 0 aliphatic carbocycles. The number of halogens is 1. The van der Waals surface area contributed by atoms with Crippen LogP contribution in [0.3, 0.4) is 0 Å². The normalized spacial score (nSPS) is 11.1. The minimum atomic E-state index is -0.710. The standard InChI is InChI=1S/C16H18BrN3O4S/c1-16(2,3)24-15(22)20-14-19-11(8-23-14)13(21)18-10-7-9(17)5-6-12(10)25-4/h5-8H,1-4H3,(H,18,21)(H,19,20,22). The average molecular weight is 428 g/mol. The number of anilines is 2. The van der Waals surface area contributed by atoms with Gasteiger partial charge in [-0.3, -0.25) is 4.79 Å². The van der Waals surface area contributed by atoms with Gasteiger partial charge in [-0.2, -0.15) is 4.98 Å². The zero-order valence-corrected chi connectivity index (χ0v) is 16.6.